The molecule has 0 spiro atoms. The number of hydrogen-bond donors (Lipinski definition) is 0. The molecule has 106 valence electrons. The fraction of sp³-hybridized carbons (Fsp3) is 0.500. The van der Waals surface area contributed by atoms with Gasteiger partial charge in [0.2, 0.25) is 11.8 Å². The Kier molecular flexibility index (Phi) is 3.47. The summed E-state index contributed by atoms with van der Waals surface area (Å²) in [4.78, 5) is 27.5. The van der Waals surface area contributed by atoms with E-state index in [4.69, 9.17) is 0 Å². The van der Waals surface area contributed by atoms with Crippen LogP contribution in [0.4, 0.5) is 0 Å². The Morgan fingerprint density at radius 3 is 2.55 bits per heavy atom. The van der Waals surface area contributed by atoms with Gasteiger partial charge in [-0.2, -0.15) is 0 Å². The molecule has 1 aromatic rings. The summed E-state index contributed by atoms with van der Waals surface area (Å²) < 4.78 is 0. The number of hydrogen-bond acceptors (Lipinski definition) is 2. The average Bonchev–Trinajstić information content (AvgIpc) is 2.83. The first-order chi connectivity index (χ1) is 9.63. The second kappa shape index (κ2) is 5.27. The zero-order chi connectivity index (χ0) is 14.1. The minimum absolute atomic E-state index is 0.126. The first-order valence-electron chi connectivity index (χ1n) is 7.20. The molecule has 3 rings (SSSR count). The quantitative estimate of drug-likeness (QED) is 0.819. The Hall–Kier alpha value is -1.84. The molecule has 2 saturated heterocycles. The Balaban J connectivity index is 1.67. The molecule has 2 fully saturated rings. The van der Waals surface area contributed by atoms with Crippen LogP contribution in [0.25, 0.3) is 0 Å². The van der Waals surface area contributed by atoms with Crippen LogP contribution in [0.5, 0.6) is 0 Å². The van der Waals surface area contributed by atoms with Gasteiger partial charge in [-0.15, -0.1) is 0 Å². The number of likely N-dealkylation sites (tertiary alicyclic amines) is 2. The zero-order valence-corrected chi connectivity index (χ0v) is 11.8. The third-order valence-electron chi connectivity index (χ3n) is 4.48. The number of fused-ring (bicyclic) bond motifs is 1. The maximum absolute atomic E-state index is 12.2. The number of benzene rings is 1. The topological polar surface area (TPSA) is 40.6 Å². The van der Waals surface area contributed by atoms with E-state index in [9.17, 15) is 9.59 Å². The van der Waals surface area contributed by atoms with E-state index in [0.717, 1.165) is 19.6 Å². The molecule has 2 amide bonds. The van der Waals surface area contributed by atoms with Gasteiger partial charge in [-0.3, -0.25) is 9.59 Å². The number of carbonyl (C=O) groups is 2. The maximum Gasteiger partial charge on any atom is 0.223 e. The van der Waals surface area contributed by atoms with Crippen LogP contribution in [0.15, 0.2) is 30.3 Å². The van der Waals surface area contributed by atoms with Gasteiger partial charge in [-0.25, -0.2) is 0 Å². The molecular weight excluding hydrogens is 252 g/mol. The van der Waals surface area contributed by atoms with Gasteiger partial charge in [0.15, 0.2) is 0 Å². The molecular formula is C16H20N2O2. The third-order valence-corrected chi connectivity index (χ3v) is 4.48. The average molecular weight is 272 g/mol. The van der Waals surface area contributed by atoms with Gasteiger partial charge in [0.05, 0.1) is 0 Å². The summed E-state index contributed by atoms with van der Waals surface area (Å²) in [6.45, 7) is 4.63. The molecule has 0 unspecified atom stereocenters. The Morgan fingerprint density at radius 2 is 1.85 bits per heavy atom. The summed E-state index contributed by atoms with van der Waals surface area (Å²) in [5.74, 6) is 1.15. The van der Waals surface area contributed by atoms with Crippen molar-refractivity contribution in [3.05, 3.63) is 35.9 Å². The number of amides is 2. The van der Waals surface area contributed by atoms with Crippen molar-refractivity contribution in [3.63, 3.8) is 0 Å². The van der Waals surface area contributed by atoms with Gasteiger partial charge in [-0.1, -0.05) is 30.3 Å². The van der Waals surface area contributed by atoms with E-state index in [1.165, 1.54) is 5.56 Å². The summed E-state index contributed by atoms with van der Waals surface area (Å²) in [5, 5.41) is 0. The summed E-state index contributed by atoms with van der Waals surface area (Å²) >= 11 is 0. The van der Waals surface area contributed by atoms with Crippen molar-refractivity contribution in [1.29, 1.82) is 0 Å². The molecule has 0 aromatic heterocycles. The first-order valence-corrected chi connectivity index (χ1v) is 7.20. The number of carbonyl (C=O) groups excluding carboxylic acids is 2. The zero-order valence-electron chi connectivity index (χ0n) is 11.8. The van der Waals surface area contributed by atoms with Crippen molar-refractivity contribution in [2.45, 2.75) is 19.9 Å². The second-order valence-corrected chi connectivity index (χ2v) is 5.91. The minimum atomic E-state index is 0.126. The van der Waals surface area contributed by atoms with Gasteiger partial charge >= 0.3 is 0 Å². The van der Waals surface area contributed by atoms with E-state index in [2.05, 4.69) is 12.1 Å². The third kappa shape index (κ3) is 2.55. The fourth-order valence-electron chi connectivity index (χ4n) is 3.33. The van der Waals surface area contributed by atoms with Crippen LogP contribution >= 0.6 is 0 Å². The highest BCUT2D eigenvalue weighted by molar-refractivity contribution is 5.78. The molecule has 2 heterocycles. The molecule has 0 N–H and O–H groups in total. The molecule has 0 aliphatic carbocycles. The van der Waals surface area contributed by atoms with Crippen LogP contribution in [-0.2, 0) is 16.1 Å². The van der Waals surface area contributed by atoms with E-state index in [0.29, 0.717) is 24.8 Å². The van der Waals surface area contributed by atoms with Gasteiger partial charge < -0.3 is 9.80 Å². The largest absolute Gasteiger partial charge is 0.342 e. The Labute approximate surface area is 119 Å². The van der Waals surface area contributed by atoms with Gasteiger partial charge in [0, 0.05) is 39.5 Å². The fourth-order valence-corrected chi connectivity index (χ4v) is 3.33. The van der Waals surface area contributed by atoms with Crippen LogP contribution in [0.2, 0.25) is 0 Å². The van der Waals surface area contributed by atoms with E-state index < -0.39 is 0 Å². The predicted molar refractivity (Wildman–Crippen MR) is 75.7 cm³/mol. The smallest absolute Gasteiger partial charge is 0.223 e. The molecule has 2 atom stereocenters. The summed E-state index contributed by atoms with van der Waals surface area (Å²) in [7, 11) is 0. The molecule has 4 heteroatoms. The highest BCUT2D eigenvalue weighted by atomic mass is 16.2. The second-order valence-electron chi connectivity index (χ2n) is 5.91. The summed E-state index contributed by atoms with van der Waals surface area (Å²) in [6.07, 6.45) is 0.585. The summed E-state index contributed by atoms with van der Waals surface area (Å²) in [5.41, 5.74) is 1.17. The van der Waals surface area contributed by atoms with Crippen LogP contribution in [0.3, 0.4) is 0 Å². The van der Waals surface area contributed by atoms with Crippen LogP contribution in [-0.4, -0.2) is 41.2 Å². The minimum Gasteiger partial charge on any atom is -0.342 e. The highest BCUT2D eigenvalue weighted by Crippen LogP contribution is 2.32. The first kappa shape index (κ1) is 13.2. The lowest BCUT2D eigenvalue weighted by Crippen LogP contribution is -2.43. The summed E-state index contributed by atoms with van der Waals surface area (Å²) in [6, 6.07) is 10.1. The number of piperidine rings is 1. The Morgan fingerprint density at radius 1 is 1.15 bits per heavy atom. The van der Waals surface area contributed by atoms with Crippen molar-refractivity contribution >= 4 is 11.8 Å². The molecule has 0 bridgehead atoms. The highest BCUT2D eigenvalue weighted by Gasteiger charge is 2.40. The van der Waals surface area contributed by atoms with Crippen LogP contribution in [0.1, 0.15) is 18.9 Å². The number of nitrogens with zero attached hydrogens (tertiary/aromatic N) is 2. The SMILES string of the molecule is CC(=O)N1C[C@@H]2CC(=O)N(Cc3ccccc3)C[C@@H]2C1. The van der Waals surface area contributed by atoms with Gasteiger partial charge in [0.25, 0.3) is 0 Å². The van der Waals surface area contributed by atoms with Gasteiger partial charge in [-0.05, 0) is 17.4 Å². The van der Waals surface area contributed by atoms with Crippen molar-refractivity contribution in [2.75, 3.05) is 19.6 Å². The van der Waals surface area contributed by atoms with Crippen LogP contribution < -0.4 is 0 Å². The molecule has 2 aliphatic rings. The lowest BCUT2D eigenvalue weighted by Gasteiger charge is -2.34. The molecule has 4 nitrogen and oxygen atoms in total. The molecule has 0 saturated carbocycles. The maximum atomic E-state index is 12.2. The standard InChI is InChI=1S/C16H20N2O2/c1-12(19)17-9-14-7-16(20)18(11-15(14)10-17)8-13-5-3-2-4-6-13/h2-6,14-15H,7-11H2,1H3/t14-,15-/m0/s1. The van der Waals surface area contributed by atoms with E-state index >= 15 is 0 Å². The number of rotatable bonds is 2. The van der Waals surface area contributed by atoms with Crippen molar-refractivity contribution in [3.8, 4) is 0 Å². The van der Waals surface area contributed by atoms with E-state index in [-0.39, 0.29) is 11.8 Å². The lowest BCUT2D eigenvalue weighted by atomic mass is 9.88. The van der Waals surface area contributed by atoms with Crippen molar-refractivity contribution in [1.82, 2.24) is 9.80 Å². The molecule has 20 heavy (non-hydrogen) atoms. The van der Waals surface area contributed by atoms with Crippen molar-refractivity contribution < 1.29 is 9.59 Å². The van der Waals surface area contributed by atoms with E-state index in [1.54, 1.807) is 6.92 Å². The molecule has 1 aromatic carbocycles. The van der Waals surface area contributed by atoms with Gasteiger partial charge in [0.1, 0.15) is 0 Å². The van der Waals surface area contributed by atoms with Crippen molar-refractivity contribution in [2.24, 2.45) is 11.8 Å². The lowest BCUT2D eigenvalue weighted by molar-refractivity contribution is -0.137. The monoisotopic (exact) mass is 272 g/mol. The molecule has 0 radical (unpaired) electrons. The van der Waals surface area contributed by atoms with Crippen LogP contribution in [0, 0.1) is 11.8 Å². The Bertz CT molecular complexity index is 514. The normalized spacial score (nSPS) is 25.8. The van der Waals surface area contributed by atoms with E-state index in [1.807, 2.05) is 28.0 Å². The molecule has 2 aliphatic heterocycles. The predicted octanol–water partition coefficient (Wildman–Crippen LogP) is 1.51.